The van der Waals surface area contributed by atoms with Crippen molar-refractivity contribution in [3.8, 4) is 10.6 Å². The van der Waals surface area contributed by atoms with Crippen molar-refractivity contribution < 1.29 is 9.53 Å². The van der Waals surface area contributed by atoms with E-state index in [-0.39, 0.29) is 12.5 Å². The zero-order chi connectivity index (χ0) is 13.0. The largest absolute Gasteiger partial charge is 0.375 e. The molecule has 0 aliphatic rings. The zero-order valence-electron chi connectivity index (χ0n) is 9.51. The van der Waals surface area contributed by atoms with Crippen LogP contribution in [0.2, 0.25) is 5.02 Å². The number of hydrogen-bond acceptors (Lipinski definition) is 5. The zero-order valence-corrected chi connectivity index (χ0v) is 11.1. The van der Waals surface area contributed by atoms with Gasteiger partial charge in [0.05, 0.1) is 0 Å². The number of carbonyl (C=O) groups excluding carboxylic acids is 1. The summed E-state index contributed by atoms with van der Waals surface area (Å²) >= 11 is 7.18. The van der Waals surface area contributed by atoms with Crippen LogP contribution in [0.3, 0.4) is 0 Å². The van der Waals surface area contributed by atoms with Gasteiger partial charge in [-0.1, -0.05) is 35.1 Å². The maximum absolute atomic E-state index is 11.3. The number of halogens is 1. The maximum atomic E-state index is 11.3. The minimum absolute atomic E-state index is 0.00786. The van der Waals surface area contributed by atoms with E-state index >= 15 is 0 Å². The number of nitrogens with one attached hydrogen (secondary N) is 1. The summed E-state index contributed by atoms with van der Waals surface area (Å²) < 4.78 is 4.71. The van der Waals surface area contributed by atoms with Crippen LogP contribution in [0.5, 0.6) is 0 Å². The third-order valence-electron chi connectivity index (χ3n) is 2.02. The first-order valence-electron chi connectivity index (χ1n) is 5.07. The van der Waals surface area contributed by atoms with E-state index in [2.05, 4.69) is 15.5 Å². The van der Waals surface area contributed by atoms with Crippen molar-refractivity contribution in [2.24, 2.45) is 0 Å². The Morgan fingerprint density at radius 1 is 1.50 bits per heavy atom. The monoisotopic (exact) mass is 283 g/mol. The Kier molecular flexibility index (Phi) is 4.24. The molecule has 7 heteroatoms. The van der Waals surface area contributed by atoms with E-state index in [1.54, 1.807) is 12.1 Å². The normalized spacial score (nSPS) is 10.3. The minimum Gasteiger partial charge on any atom is -0.375 e. The Labute approximate surface area is 113 Å². The molecule has 0 bridgehead atoms. The van der Waals surface area contributed by atoms with Gasteiger partial charge in [0.1, 0.15) is 11.6 Å². The molecule has 5 nitrogen and oxygen atoms in total. The lowest BCUT2D eigenvalue weighted by Crippen LogP contribution is -2.16. The second-order valence-electron chi connectivity index (χ2n) is 3.40. The molecule has 0 unspecified atom stereocenters. The molecular weight excluding hydrogens is 274 g/mol. The van der Waals surface area contributed by atoms with E-state index in [9.17, 15) is 4.79 Å². The van der Waals surface area contributed by atoms with Gasteiger partial charge >= 0.3 is 0 Å². The number of anilines is 1. The first-order chi connectivity index (χ1) is 8.69. The van der Waals surface area contributed by atoms with Gasteiger partial charge in [-0.05, 0) is 12.1 Å². The van der Waals surface area contributed by atoms with Crippen LogP contribution in [0.4, 0.5) is 5.13 Å². The van der Waals surface area contributed by atoms with Gasteiger partial charge in [0, 0.05) is 17.7 Å². The van der Waals surface area contributed by atoms with Gasteiger partial charge in [-0.15, -0.1) is 10.2 Å². The Hall–Kier alpha value is -1.50. The molecule has 1 amide bonds. The molecule has 1 N–H and O–H groups in total. The van der Waals surface area contributed by atoms with Crippen LogP contribution in [0.15, 0.2) is 24.3 Å². The summed E-state index contributed by atoms with van der Waals surface area (Å²) in [5.74, 6) is -0.258. The van der Waals surface area contributed by atoms with Crippen molar-refractivity contribution >= 4 is 34.0 Å². The number of rotatable bonds is 4. The molecular formula is C11H10ClN3O2S. The average molecular weight is 284 g/mol. The third-order valence-corrected chi connectivity index (χ3v) is 3.14. The van der Waals surface area contributed by atoms with Crippen LogP contribution in [-0.2, 0) is 9.53 Å². The topological polar surface area (TPSA) is 64.1 Å². The summed E-state index contributed by atoms with van der Waals surface area (Å²) in [6, 6.07) is 7.30. The van der Waals surface area contributed by atoms with E-state index in [1.165, 1.54) is 18.4 Å². The highest BCUT2D eigenvalue weighted by Gasteiger charge is 2.09. The Morgan fingerprint density at radius 2 is 2.33 bits per heavy atom. The minimum atomic E-state index is -0.258. The highest BCUT2D eigenvalue weighted by atomic mass is 35.5. The van der Waals surface area contributed by atoms with Crippen molar-refractivity contribution in [2.45, 2.75) is 0 Å². The number of nitrogens with zero attached hydrogens (tertiary/aromatic N) is 2. The predicted octanol–water partition coefficient (Wildman–Crippen LogP) is 2.44. The van der Waals surface area contributed by atoms with Crippen LogP contribution in [0.25, 0.3) is 10.6 Å². The maximum Gasteiger partial charge on any atom is 0.252 e. The summed E-state index contributed by atoms with van der Waals surface area (Å²) in [5, 5.41) is 12.2. The van der Waals surface area contributed by atoms with Gasteiger partial charge in [-0.25, -0.2) is 0 Å². The Balaban J connectivity index is 2.13. The molecule has 2 rings (SSSR count). The lowest BCUT2D eigenvalue weighted by molar-refractivity contribution is -0.119. The molecule has 0 saturated heterocycles. The molecule has 0 fully saturated rings. The molecule has 0 aliphatic heterocycles. The van der Waals surface area contributed by atoms with Gasteiger partial charge in [-0.2, -0.15) is 0 Å². The molecule has 0 radical (unpaired) electrons. The highest BCUT2D eigenvalue weighted by Crippen LogP contribution is 2.27. The lowest BCUT2D eigenvalue weighted by atomic mass is 10.2. The summed E-state index contributed by atoms with van der Waals surface area (Å²) in [4.78, 5) is 11.3. The number of methoxy groups -OCH3 is 1. The summed E-state index contributed by atoms with van der Waals surface area (Å²) in [6.07, 6.45) is 0. The van der Waals surface area contributed by atoms with E-state index in [0.717, 1.165) is 5.56 Å². The molecule has 1 aromatic carbocycles. The SMILES string of the molecule is COCC(=O)Nc1nnc(-c2cccc(Cl)c2)s1. The van der Waals surface area contributed by atoms with E-state index in [1.807, 2.05) is 12.1 Å². The van der Waals surface area contributed by atoms with Gasteiger partial charge in [0.2, 0.25) is 5.13 Å². The van der Waals surface area contributed by atoms with Gasteiger partial charge in [0.25, 0.3) is 5.91 Å². The summed E-state index contributed by atoms with van der Waals surface area (Å²) in [6.45, 7) is -0.00786. The first-order valence-corrected chi connectivity index (χ1v) is 6.26. The quantitative estimate of drug-likeness (QED) is 0.936. The fourth-order valence-electron chi connectivity index (χ4n) is 1.30. The fraction of sp³-hybridized carbons (Fsp3) is 0.182. The van der Waals surface area contributed by atoms with Gasteiger partial charge < -0.3 is 4.74 Å². The van der Waals surface area contributed by atoms with E-state index in [0.29, 0.717) is 15.2 Å². The average Bonchev–Trinajstić information content (AvgIpc) is 2.78. The molecule has 18 heavy (non-hydrogen) atoms. The second-order valence-corrected chi connectivity index (χ2v) is 4.82. The van der Waals surface area contributed by atoms with Crippen molar-refractivity contribution in [2.75, 3.05) is 19.0 Å². The number of ether oxygens (including phenoxy) is 1. The molecule has 1 aromatic heterocycles. The molecule has 0 atom stereocenters. The number of aromatic nitrogens is 2. The van der Waals surface area contributed by atoms with Crippen LogP contribution in [0.1, 0.15) is 0 Å². The number of amides is 1. The van der Waals surface area contributed by atoms with Gasteiger partial charge in [-0.3, -0.25) is 10.1 Å². The molecule has 0 aliphatic carbocycles. The van der Waals surface area contributed by atoms with Crippen molar-refractivity contribution in [3.63, 3.8) is 0 Å². The number of benzene rings is 1. The summed E-state index contributed by atoms with van der Waals surface area (Å²) in [7, 11) is 1.46. The van der Waals surface area contributed by atoms with Crippen molar-refractivity contribution in [1.29, 1.82) is 0 Å². The van der Waals surface area contributed by atoms with Crippen LogP contribution in [-0.4, -0.2) is 29.8 Å². The van der Waals surface area contributed by atoms with E-state index in [4.69, 9.17) is 16.3 Å². The first kappa shape index (κ1) is 12.9. The predicted molar refractivity (Wildman–Crippen MR) is 70.9 cm³/mol. The number of carbonyl (C=O) groups is 1. The third kappa shape index (κ3) is 3.25. The van der Waals surface area contributed by atoms with Crippen LogP contribution < -0.4 is 5.32 Å². The molecule has 0 saturated carbocycles. The Morgan fingerprint density at radius 3 is 3.06 bits per heavy atom. The fourth-order valence-corrected chi connectivity index (χ4v) is 2.24. The molecule has 94 valence electrons. The standard InChI is InChI=1S/C11H10ClN3O2S/c1-17-6-9(16)13-11-15-14-10(18-11)7-3-2-4-8(12)5-7/h2-5H,6H2,1H3,(H,13,15,16). The molecule has 2 aromatic rings. The van der Waals surface area contributed by atoms with Crippen molar-refractivity contribution in [3.05, 3.63) is 29.3 Å². The van der Waals surface area contributed by atoms with Crippen LogP contribution in [0, 0.1) is 0 Å². The van der Waals surface area contributed by atoms with Crippen molar-refractivity contribution in [1.82, 2.24) is 10.2 Å². The van der Waals surface area contributed by atoms with Crippen LogP contribution >= 0.6 is 22.9 Å². The summed E-state index contributed by atoms with van der Waals surface area (Å²) in [5.41, 5.74) is 0.868. The molecule has 1 heterocycles. The lowest BCUT2D eigenvalue weighted by Gasteiger charge is -1.98. The van der Waals surface area contributed by atoms with E-state index < -0.39 is 0 Å². The molecule has 0 spiro atoms. The Bertz CT molecular complexity index is 559. The highest BCUT2D eigenvalue weighted by molar-refractivity contribution is 7.18. The number of hydrogen-bond donors (Lipinski definition) is 1. The second kappa shape index (κ2) is 5.90. The smallest absolute Gasteiger partial charge is 0.252 e. The van der Waals surface area contributed by atoms with Gasteiger partial charge in [0.15, 0.2) is 0 Å².